The van der Waals surface area contributed by atoms with Crippen LogP contribution in [0, 0.1) is 0 Å². The molecule has 2 aliphatic heterocycles. The number of benzene rings is 2. The Hall–Kier alpha value is -2.14. The minimum Gasteiger partial charge on any atom is -0.441 e. The molecule has 0 amide bonds. The summed E-state index contributed by atoms with van der Waals surface area (Å²) in [4.78, 5) is 25.1. The van der Waals surface area contributed by atoms with Crippen LogP contribution in [0.25, 0.3) is 0 Å². The summed E-state index contributed by atoms with van der Waals surface area (Å²) in [5.74, 6) is -1.79. The van der Waals surface area contributed by atoms with Gasteiger partial charge in [-0.15, -0.1) is 0 Å². The second-order valence-electron chi connectivity index (χ2n) is 6.04. The Morgan fingerprint density at radius 2 is 1.78 bits per heavy atom. The molecule has 0 aliphatic carbocycles. The molecule has 2 aromatic carbocycles. The van der Waals surface area contributed by atoms with E-state index in [1.165, 1.54) is 0 Å². The van der Waals surface area contributed by atoms with Gasteiger partial charge in [-0.1, -0.05) is 35.8 Å². The third-order valence-corrected chi connectivity index (χ3v) is 4.76. The normalized spacial score (nSPS) is 21.4. The Bertz CT molecular complexity index is 871. The van der Waals surface area contributed by atoms with Crippen LogP contribution in [0.4, 0.5) is 0 Å². The second-order valence-corrected chi connectivity index (χ2v) is 6.95. The molecule has 0 fully saturated rings. The quantitative estimate of drug-likeness (QED) is 0.704. The highest BCUT2D eigenvalue weighted by Crippen LogP contribution is 2.48. The summed E-state index contributed by atoms with van der Waals surface area (Å²) in [5.41, 5.74) is 2.31. The monoisotopic (exact) mass is 372 g/mol. The molecule has 23 heavy (non-hydrogen) atoms. The Morgan fingerprint density at radius 1 is 1.00 bits per heavy atom. The van der Waals surface area contributed by atoms with Crippen molar-refractivity contribution >= 4 is 27.7 Å². The van der Waals surface area contributed by atoms with Gasteiger partial charge in [0.2, 0.25) is 0 Å². The Labute approximate surface area is 141 Å². The van der Waals surface area contributed by atoms with Crippen molar-refractivity contribution < 1.29 is 19.1 Å². The molecule has 0 aromatic heterocycles. The van der Waals surface area contributed by atoms with Crippen LogP contribution in [0.5, 0.6) is 5.75 Å². The molecule has 0 N–H and O–H groups in total. The number of halogens is 1. The van der Waals surface area contributed by atoms with Crippen molar-refractivity contribution in [3.8, 4) is 5.75 Å². The van der Waals surface area contributed by atoms with Crippen molar-refractivity contribution in [2.24, 2.45) is 0 Å². The van der Waals surface area contributed by atoms with Crippen LogP contribution in [0.15, 0.2) is 40.9 Å². The fourth-order valence-corrected chi connectivity index (χ4v) is 3.37. The molecule has 4 nitrogen and oxygen atoms in total. The maximum atomic E-state index is 12.9. The molecule has 2 heterocycles. The van der Waals surface area contributed by atoms with E-state index in [1.807, 2.05) is 12.1 Å². The minimum atomic E-state index is -1.68. The lowest BCUT2D eigenvalue weighted by atomic mass is 9.95. The lowest BCUT2D eigenvalue weighted by Gasteiger charge is -2.20. The number of fused-ring (bicyclic) bond motifs is 3. The maximum Gasteiger partial charge on any atom is 0.347 e. The molecule has 1 atom stereocenters. The largest absolute Gasteiger partial charge is 0.441 e. The average molecular weight is 373 g/mol. The van der Waals surface area contributed by atoms with E-state index < -0.39 is 11.8 Å². The summed E-state index contributed by atoms with van der Waals surface area (Å²) in [6, 6.07) is 10.6. The summed E-state index contributed by atoms with van der Waals surface area (Å²) in [7, 11) is 0. The minimum absolute atomic E-state index is 0.310. The zero-order chi connectivity index (χ0) is 16.4. The summed E-state index contributed by atoms with van der Waals surface area (Å²) >= 11 is 3.32. The number of hydrogen-bond acceptors (Lipinski definition) is 4. The fourth-order valence-electron chi connectivity index (χ4n) is 3.01. The van der Waals surface area contributed by atoms with Gasteiger partial charge >= 0.3 is 11.8 Å². The van der Waals surface area contributed by atoms with Gasteiger partial charge in [-0.3, -0.25) is 4.79 Å². The molecule has 2 aliphatic rings. The molecular formula is C18H13BrO4. The first-order valence-corrected chi connectivity index (χ1v) is 8.13. The molecular weight excluding hydrogens is 360 g/mol. The number of ketones is 1. The van der Waals surface area contributed by atoms with E-state index >= 15 is 0 Å². The predicted octanol–water partition coefficient (Wildman–Crippen LogP) is 4.17. The van der Waals surface area contributed by atoms with E-state index in [-0.39, 0.29) is 5.78 Å². The van der Waals surface area contributed by atoms with Crippen LogP contribution >= 0.6 is 15.9 Å². The molecule has 1 spiro atoms. The summed E-state index contributed by atoms with van der Waals surface area (Å²) in [6.45, 7) is 4.13. The molecule has 116 valence electrons. The van der Waals surface area contributed by atoms with E-state index in [9.17, 15) is 9.59 Å². The van der Waals surface area contributed by atoms with E-state index in [0.717, 1.165) is 10.0 Å². The maximum absolute atomic E-state index is 12.9. The lowest BCUT2D eigenvalue weighted by Crippen LogP contribution is -2.37. The molecule has 0 bridgehead atoms. The van der Waals surface area contributed by atoms with Crippen LogP contribution < -0.4 is 4.74 Å². The number of carbonyl (C=O) groups is 2. The van der Waals surface area contributed by atoms with Crippen molar-refractivity contribution in [2.45, 2.75) is 25.6 Å². The summed E-state index contributed by atoms with van der Waals surface area (Å²) < 4.78 is 12.0. The van der Waals surface area contributed by atoms with Crippen molar-refractivity contribution in [3.63, 3.8) is 0 Å². The van der Waals surface area contributed by atoms with Crippen LogP contribution in [-0.2, 0) is 10.5 Å². The van der Waals surface area contributed by atoms with Gasteiger partial charge in [-0.05, 0) is 41.8 Å². The predicted molar refractivity (Wildman–Crippen MR) is 86.7 cm³/mol. The number of ether oxygens (including phenoxy) is 2. The topological polar surface area (TPSA) is 52.6 Å². The van der Waals surface area contributed by atoms with Gasteiger partial charge in [0.25, 0.3) is 5.78 Å². The van der Waals surface area contributed by atoms with Crippen LogP contribution in [-0.4, -0.2) is 11.8 Å². The number of carbonyl (C=O) groups excluding carboxylic acids is 2. The highest BCUT2D eigenvalue weighted by Gasteiger charge is 2.59. The van der Waals surface area contributed by atoms with E-state index in [1.54, 1.807) is 24.3 Å². The van der Waals surface area contributed by atoms with Gasteiger partial charge in [0.05, 0.1) is 16.7 Å². The van der Waals surface area contributed by atoms with Crippen molar-refractivity contribution in [1.82, 2.24) is 0 Å². The van der Waals surface area contributed by atoms with E-state index in [2.05, 4.69) is 29.8 Å². The number of hydrogen-bond donors (Lipinski definition) is 0. The first-order chi connectivity index (χ1) is 10.9. The second kappa shape index (κ2) is 4.68. The third-order valence-electron chi connectivity index (χ3n) is 4.26. The van der Waals surface area contributed by atoms with Gasteiger partial charge < -0.3 is 9.47 Å². The fraction of sp³-hybridized carbons (Fsp3) is 0.222. The van der Waals surface area contributed by atoms with E-state index in [4.69, 9.17) is 9.47 Å². The summed E-state index contributed by atoms with van der Waals surface area (Å²) in [6.07, 6.45) is 0. The average Bonchev–Trinajstić information content (AvgIpc) is 2.94. The third kappa shape index (κ3) is 1.89. The number of Topliss-reactive ketones (excluding diaryl/α,β-unsaturated/α-hetero) is 1. The van der Waals surface area contributed by atoms with Gasteiger partial charge in [-0.25, -0.2) is 4.79 Å². The molecule has 0 saturated carbocycles. The summed E-state index contributed by atoms with van der Waals surface area (Å²) in [5, 5.41) is 0. The Morgan fingerprint density at radius 3 is 2.52 bits per heavy atom. The van der Waals surface area contributed by atoms with Crippen LogP contribution in [0.3, 0.4) is 0 Å². The SMILES string of the molecule is CC(C)c1ccc2c(c1)OC1(OC(=O)c3cc(Br)ccc31)C2=O. The molecule has 2 aromatic rings. The van der Waals surface area contributed by atoms with Crippen LogP contribution in [0.1, 0.15) is 51.6 Å². The van der Waals surface area contributed by atoms with Crippen LogP contribution in [0.2, 0.25) is 0 Å². The van der Waals surface area contributed by atoms with Gasteiger partial charge in [0.1, 0.15) is 5.75 Å². The van der Waals surface area contributed by atoms with Gasteiger partial charge in [0, 0.05) is 4.47 Å². The van der Waals surface area contributed by atoms with Crippen molar-refractivity contribution in [1.29, 1.82) is 0 Å². The van der Waals surface area contributed by atoms with Gasteiger partial charge in [-0.2, -0.15) is 0 Å². The van der Waals surface area contributed by atoms with E-state index in [0.29, 0.717) is 28.4 Å². The molecule has 1 unspecified atom stereocenters. The van der Waals surface area contributed by atoms with Crippen molar-refractivity contribution in [2.75, 3.05) is 0 Å². The molecule has 0 radical (unpaired) electrons. The highest BCUT2D eigenvalue weighted by atomic mass is 79.9. The first kappa shape index (κ1) is 14.5. The smallest absolute Gasteiger partial charge is 0.347 e. The van der Waals surface area contributed by atoms with Crippen molar-refractivity contribution in [3.05, 3.63) is 63.1 Å². The Kier molecular flexibility index (Phi) is 2.94. The number of esters is 1. The van der Waals surface area contributed by atoms with Gasteiger partial charge in [0.15, 0.2) is 0 Å². The standard InChI is InChI=1S/C18H13BrO4/c1-9(2)10-3-5-12-15(7-10)22-18(16(12)20)14-6-4-11(19)8-13(14)17(21)23-18/h3-9H,1-2H3. The highest BCUT2D eigenvalue weighted by molar-refractivity contribution is 9.10. The zero-order valence-corrected chi connectivity index (χ0v) is 14.1. The molecule has 4 rings (SSSR count). The first-order valence-electron chi connectivity index (χ1n) is 7.33. The number of rotatable bonds is 1. The molecule has 0 saturated heterocycles. The Balaban J connectivity index is 1.87. The zero-order valence-electron chi connectivity index (χ0n) is 12.6. The lowest BCUT2D eigenvalue weighted by molar-refractivity contribution is -0.0978. The molecule has 5 heteroatoms.